The predicted molar refractivity (Wildman–Crippen MR) is 108 cm³/mol. The fourth-order valence-corrected chi connectivity index (χ4v) is 3.54. The smallest absolute Gasteiger partial charge is 0.227 e. The van der Waals surface area contributed by atoms with Gasteiger partial charge in [-0.2, -0.15) is 0 Å². The highest BCUT2D eigenvalue weighted by molar-refractivity contribution is 5.92. The molecule has 0 spiro atoms. The van der Waals surface area contributed by atoms with Crippen LogP contribution < -0.4 is 10.6 Å². The number of amides is 2. The number of hydrogen-bond donors (Lipinski definition) is 2. The van der Waals surface area contributed by atoms with E-state index in [0.29, 0.717) is 6.54 Å². The van der Waals surface area contributed by atoms with E-state index < -0.39 is 0 Å². The van der Waals surface area contributed by atoms with Gasteiger partial charge in [0.15, 0.2) is 0 Å². The van der Waals surface area contributed by atoms with Gasteiger partial charge in [0, 0.05) is 24.1 Å². The zero-order valence-corrected chi connectivity index (χ0v) is 16.1. The molecule has 2 N–H and O–H groups in total. The van der Waals surface area contributed by atoms with Gasteiger partial charge in [-0.05, 0) is 57.2 Å². The normalized spacial score (nSPS) is 19.3. The molecular weight excluding hydrogens is 336 g/mol. The minimum absolute atomic E-state index is 0.00699. The lowest BCUT2D eigenvalue weighted by molar-refractivity contribution is -0.128. The number of rotatable bonds is 5. The summed E-state index contributed by atoms with van der Waals surface area (Å²) in [5, 5.41) is 6.03. The van der Waals surface area contributed by atoms with Gasteiger partial charge in [0.05, 0.1) is 0 Å². The Morgan fingerprint density at radius 1 is 0.778 bits per heavy atom. The average molecular weight is 364 g/mol. The topological polar surface area (TPSA) is 58.2 Å². The first-order chi connectivity index (χ1) is 13.0. The zero-order chi connectivity index (χ0) is 19.2. The van der Waals surface area contributed by atoms with Gasteiger partial charge in [0.25, 0.3) is 0 Å². The lowest BCUT2D eigenvalue weighted by atomic mass is 9.81. The minimum Gasteiger partial charge on any atom is -0.352 e. The van der Waals surface area contributed by atoms with Gasteiger partial charge in [-0.1, -0.05) is 47.5 Å². The molecule has 0 aromatic heterocycles. The summed E-state index contributed by atoms with van der Waals surface area (Å²) < 4.78 is 0. The number of carbonyl (C=O) groups excluding carboxylic acids is 2. The van der Waals surface area contributed by atoms with Crippen molar-refractivity contribution in [2.24, 2.45) is 11.8 Å². The van der Waals surface area contributed by atoms with Crippen LogP contribution in [0, 0.1) is 25.7 Å². The summed E-state index contributed by atoms with van der Waals surface area (Å²) in [6.07, 6.45) is 3.07. The Hall–Kier alpha value is -2.62. The number of hydrogen-bond acceptors (Lipinski definition) is 2. The molecule has 2 aromatic rings. The first kappa shape index (κ1) is 19.2. The van der Waals surface area contributed by atoms with Crippen molar-refractivity contribution in [2.45, 2.75) is 46.1 Å². The molecule has 4 heteroatoms. The van der Waals surface area contributed by atoms with Gasteiger partial charge in [0.1, 0.15) is 0 Å². The molecule has 27 heavy (non-hydrogen) atoms. The number of anilines is 1. The Kier molecular flexibility index (Phi) is 6.28. The molecule has 2 aromatic carbocycles. The van der Waals surface area contributed by atoms with Crippen LogP contribution in [0.15, 0.2) is 48.5 Å². The van der Waals surface area contributed by atoms with Crippen LogP contribution in [0.1, 0.15) is 42.4 Å². The third-order valence-corrected chi connectivity index (χ3v) is 5.38. The zero-order valence-electron chi connectivity index (χ0n) is 16.1. The molecule has 0 aliphatic heterocycles. The van der Waals surface area contributed by atoms with Crippen molar-refractivity contribution < 1.29 is 9.59 Å². The van der Waals surface area contributed by atoms with E-state index in [9.17, 15) is 9.59 Å². The van der Waals surface area contributed by atoms with Crippen LogP contribution in [0.2, 0.25) is 0 Å². The maximum atomic E-state index is 12.5. The molecule has 1 aliphatic rings. The van der Waals surface area contributed by atoms with Gasteiger partial charge >= 0.3 is 0 Å². The van der Waals surface area contributed by atoms with E-state index in [-0.39, 0.29) is 23.7 Å². The fourth-order valence-electron chi connectivity index (χ4n) is 3.54. The lowest BCUT2D eigenvalue weighted by Gasteiger charge is -2.27. The standard InChI is InChI=1S/C23H28N2O2/c1-16-3-7-18(8-4-16)15-24-22(26)19-9-11-20(12-10-19)23(27)25-21-13-5-17(2)6-14-21/h3-8,13-14,19-20H,9-12,15H2,1-2H3,(H,24,26)(H,25,27). The van der Waals surface area contributed by atoms with Crippen LogP contribution in [0.4, 0.5) is 5.69 Å². The van der Waals surface area contributed by atoms with Crippen molar-refractivity contribution in [3.8, 4) is 0 Å². The van der Waals surface area contributed by atoms with E-state index in [1.54, 1.807) is 0 Å². The van der Waals surface area contributed by atoms with Crippen LogP contribution in [0.3, 0.4) is 0 Å². The molecule has 2 amide bonds. The van der Waals surface area contributed by atoms with Crippen LogP contribution in [-0.2, 0) is 16.1 Å². The Morgan fingerprint density at radius 3 is 1.81 bits per heavy atom. The largest absolute Gasteiger partial charge is 0.352 e. The summed E-state index contributed by atoms with van der Waals surface area (Å²) >= 11 is 0. The number of carbonyl (C=O) groups is 2. The molecule has 0 saturated heterocycles. The molecule has 0 atom stereocenters. The Morgan fingerprint density at radius 2 is 1.26 bits per heavy atom. The third kappa shape index (κ3) is 5.43. The Labute approximate surface area is 161 Å². The fraction of sp³-hybridized carbons (Fsp3) is 0.391. The molecular formula is C23H28N2O2. The molecule has 1 saturated carbocycles. The molecule has 142 valence electrons. The molecule has 1 aliphatic carbocycles. The van der Waals surface area contributed by atoms with Crippen molar-refractivity contribution in [1.82, 2.24) is 5.32 Å². The highest BCUT2D eigenvalue weighted by Crippen LogP contribution is 2.30. The van der Waals surface area contributed by atoms with Crippen LogP contribution in [-0.4, -0.2) is 11.8 Å². The monoisotopic (exact) mass is 364 g/mol. The summed E-state index contributed by atoms with van der Waals surface area (Å²) in [4.78, 5) is 24.9. The van der Waals surface area contributed by atoms with Crippen molar-refractivity contribution in [1.29, 1.82) is 0 Å². The van der Waals surface area contributed by atoms with Crippen LogP contribution in [0.5, 0.6) is 0 Å². The van der Waals surface area contributed by atoms with Gasteiger partial charge < -0.3 is 10.6 Å². The third-order valence-electron chi connectivity index (χ3n) is 5.38. The van der Waals surface area contributed by atoms with Crippen LogP contribution >= 0.6 is 0 Å². The second-order valence-electron chi connectivity index (χ2n) is 7.61. The van der Waals surface area contributed by atoms with E-state index in [1.807, 2.05) is 43.3 Å². The molecule has 1 fully saturated rings. The number of nitrogens with one attached hydrogen (secondary N) is 2. The highest BCUT2D eigenvalue weighted by Gasteiger charge is 2.29. The second-order valence-corrected chi connectivity index (χ2v) is 7.61. The Bertz CT molecular complexity index is 773. The van der Waals surface area contributed by atoms with Crippen molar-refractivity contribution in [2.75, 3.05) is 5.32 Å². The molecule has 0 heterocycles. The van der Waals surface area contributed by atoms with Crippen LogP contribution in [0.25, 0.3) is 0 Å². The first-order valence-electron chi connectivity index (χ1n) is 9.72. The highest BCUT2D eigenvalue weighted by atomic mass is 16.2. The van der Waals surface area contributed by atoms with Gasteiger partial charge in [-0.25, -0.2) is 0 Å². The number of benzene rings is 2. The summed E-state index contributed by atoms with van der Waals surface area (Å²) in [5.41, 5.74) is 4.33. The maximum Gasteiger partial charge on any atom is 0.227 e. The van der Waals surface area contributed by atoms with E-state index in [2.05, 4.69) is 29.7 Å². The minimum atomic E-state index is -0.00699. The number of aryl methyl sites for hydroxylation is 2. The molecule has 0 bridgehead atoms. The summed E-state index contributed by atoms with van der Waals surface area (Å²) in [6.45, 7) is 4.64. The SMILES string of the molecule is Cc1ccc(CNC(=O)C2CCC(C(=O)Nc3ccc(C)cc3)CC2)cc1. The van der Waals surface area contributed by atoms with E-state index >= 15 is 0 Å². The first-order valence-corrected chi connectivity index (χ1v) is 9.72. The van der Waals surface area contributed by atoms with Crippen molar-refractivity contribution in [3.63, 3.8) is 0 Å². The predicted octanol–water partition coefficient (Wildman–Crippen LogP) is 4.36. The molecule has 0 unspecified atom stereocenters. The lowest BCUT2D eigenvalue weighted by Crippen LogP contribution is -2.35. The summed E-state index contributed by atoms with van der Waals surface area (Å²) in [7, 11) is 0. The van der Waals surface area contributed by atoms with Gasteiger partial charge in [-0.15, -0.1) is 0 Å². The molecule has 4 nitrogen and oxygen atoms in total. The average Bonchev–Trinajstić information content (AvgIpc) is 2.69. The van der Waals surface area contributed by atoms with E-state index in [4.69, 9.17) is 0 Å². The molecule has 0 radical (unpaired) electrons. The van der Waals surface area contributed by atoms with Gasteiger partial charge in [-0.3, -0.25) is 9.59 Å². The maximum absolute atomic E-state index is 12.5. The van der Waals surface area contributed by atoms with E-state index in [1.165, 1.54) is 11.1 Å². The van der Waals surface area contributed by atoms with Crippen molar-refractivity contribution >= 4 is 17.5 Å². The summed E-state index contributed by atoms with van der Waals surface area (Å²) in [6, 6.07) is 16.0. The quantitative estimate of drug-likeness (QED) is 0.828. The van der Waals surface area contributed by atoms with E-state index in [0.717, 1.165) is 36.9 Å². The van der Waals surface area contributed by atoms with Gasteiger partial charge in [0.2, 0.25) is 11.8 Å². The molecule has 3 rings (SSSR count). The summed E-state index contributed by atoms with van der Waals surface area (Å²) in [5.74, 6) is 0.177. The second kappa shape index (κ2) is 8.85. The van der Waals surface area contributed by atoms with Crippen molar-refractivity contribution in [3.05, 3.63) is 65.2 Å². The Balaban J connectivity index is 1.43.